The number of morpholine rings is 1. The maximum Gasteiger partial charge on any atom is 0.254 e. The first-order valence-corrected chi connectivity index (χ1v) is 7.75. The van der Waals surface area contributed by atoms with E-state index in [4.69, 9.17) is 4.74 Å². The van der Waals surface area contributed by atoms with Gasteiger partial charge in [0.05, 0.1) is 19.3 Å². The van der Waals surface area contributed by atoms with Crippen LogP contribution in [-0.2, 0) is 4.74 Å². The Morgan fingerprint density at radius 3 is 3.00 bits per heavy atom. The minimum atomic E-state index is 0.0726. The number of rotatable bonds is 2. The SMILES string of the molecule is Cc1ccc(C(=O)N2CCOCC2CBr)cc1Br. The van der Waals surface area contributed by atoms with Crippen LogP contribution in [0.1, 0.15) is 15.9 Å². The minimum absolute atomic E-state index is 0.0726. The molecule has 0 spiro atoms. The summed E-state index contributed by atoms with van der Waals surface area (Å²) in [5.74, 6) is 0.0726. The number of ether oxygens (including phenoxy) is 1. The minimum Gasteiger partial charge on any atom is -0.377 e. The van der Waals surface area contributed by atoms with Crippen LogP contribution < -0.4 is 0 Å². The number of carbonyl (C=O) groups is 1. The highest BCUT2D eigenvalue weighted by atomic mass is 79.9. The lowest BCUT2D eigenvalue weighted by Gasteiger charge is -2.34. The molecular formula is C13H15Br2NO2. The molecule has 1 aromatic rings. The van der Waals surface area contributed by atoms with E-state index in [0.717, 1.165) is 20.9 Å². The predicted octanol–water partition coefficient (Wildman–Crippen LogP) is 2.99. The zero-order valence-corrected chi connectivity index (χ0v) is 13.3. The second-order valence-electron chi connectivity index (χ2n) is 4.35. The lowest BCUT2D eigenvalue weighted by atomic mass is 10.1. The summed E-state index contributed by atoms with van der Waals surface area (Å²) >= 11 is 6.90. The summed E-state index contributed by atoms with van der Waals surface area (Å²) in [6.07, 6.45) is 0. The Morgan fingerprint density at radius 1 is 1.56 bits per heavy atom. The lowest BCUT2D eigenvalue weighted by molar-refractivity contribution is 0.00524. The van der Waals surface area contributed by atoms with Crippen LogP contribution in [0.2, 0.25) is 0 Å². The van der Waals surface area contributed by atoms with E-state index in [1.165, 1.54) is 0 Å². The van der Waals surface area contributed by atoms with Gasteiger partial charge in [-0.3, -0.25) is 4.79 Å². The second-order valence-corrected chi connectivity index (χ2v) is 5.85. The van der Waals surface area contributed by atoms with E-state index in [2.05, 4.69) is 31.9 Å². The van der Waals surface area contributed by atoms with Crippen molar-refractivity contribution < 1.29 is 9.53 Å². The quantitative estimate of drug-likeness (QED) is 0.742. The van der Waals surface area contributed by atoms with Crippen LogP contribution in [0.25, 0.3) is 0 Å². The van der Waals surface area contributed by atoms with Crippen LogP contribution >= 0.6 is 31.9 Å². The summed E-state index contributed by atoms with van der Waals surface area (Å²) in [6.45, 7) is 3.88. The maximum atomic E-state index is 12.5. The average molecular weight is 377 g/mol. The fourth-order valence-corrected chi connectivity index (χ4v) is 2.86. The summed E-state index contributed by atoms with van der Waals surface area (Å²) < 4.78 is 6.37. The lowest BCUT2D eigenvalue weighted by Crippen LogP contribution is -2.49. The van der Waals surface area contributed by atoms with Gasteiger partial charge in [0, 0.05) is 21.9 Å². The van der Waals surface area contributed by atoms with Crippen molar-refractivity contribution in [2.24, 2.45) is 0 Å². The van der Waals surface area contributed by atoms with E-state index in [1.807, 2.05) is 30.0 Å². The van der Waals surface area contributed by atoms with Crippen LogP contribution in [-0.4, -0.2) is 41.9 Å². The highest BCUT2D eigenvalue weighted by Crippen LogP contribution is 2.20. The molecule has 98 valence electrons. The van der Waals surface area contributed by atoms with Crippen molar-refractivity contribution in [3.63, 3.8) is 0 Å². The van der Waals surface area contributed by atoms with Gasteiger partial charge in [-0.05, 0) is 24.6 Å². The Balaban J connectivity index is 2.21. The topological polar surface area (TPSA) is 29.5 Å². The standard InChI is InChI=1S/C13H15Br2NO2/c1-9-2-3-10(6-12(9)15)13(17)16-4-5-18-8-11(16)7-14/h2-3,6,11H,4-5,7-8H2,1H3. The molecule has 0 radical (unpaired) electrons. The van der Waals surface area contributed by atoms with Crippen LogP contribution in [0.5, 0.6) is 0 Å². The summed E-state index contributed by atoms with van der Waals surface area (Å²) in [7, 11) is 0. The van der Waals surface area contributed by atoms with Crippen molar-refractivity contribution in [3.8, 4) is 0 Å². The fourth-order valence-electron chi connectivity index (χ4n) is 1.94. The molecule has 1 aromatic carbocycles. The van der Waals surface area contributed by atoms with Gasteiger partial charge < -0.3 is 9.64 Å². The molecule has 3 nitrogen and oxygen atoms in total. The van der Waals surface area contributed by atoms with Gasteiger partial charge >= 0.3 is 0 Å². The summed E-state index contributed by atoms with van der Waals surface area (Å²) in [5, 5.41) is 0.742. The average Bonchev–Trinajstić information content (AvgIpc) is 2.41. The van der Waals surface area contributed by atoms with Gasteiger partial charge in [0.2, 0.25) is 0 Å². The van der Waals surface area contributed by atoms with E-state index in [-0.39, 0.29) is 11.9 Å². The number of hydrogen-bond acceptors (Lipinski definition) is 2. The molecule has 1 aliphatic heterocycles. The molecule has 0 aromatic heterocycles. The molecule has 0 aliphatic carbocycles. The smallest absolute Gasteiger partial charge is 0.254 e. The largest absolute Gasteiger partial charge is 0.377 e. The zero-order valence-electron chi connectivity index (χ0n) is 10.2. The number of hydrogen-bond donors (Lipinski definition) is 0. The highest BCUT2D eigenvalue weighted by Gasteiger charge is 2.27. The molecule has 1 fully saturated rings. The third kappa shape index (κ3) is 2.95. The van der Waals surface area contributed by atoms with Crippen LogP contribution in [0, 0.1) is 6.92 Å². The van der Waals surface area contributed by atoms with E-state index in [1.54, 1.807) is 0 Å². The van der Waals surface area contributed by atoms with Crippen molar-refractivity contribution in [3.05, 3.63) is 33.8 Å². The van der Waals surface area contributed by atoms with Crippen molar-refractivity contribution in [1.82, 2.24) is 4.90 Å². The third-order valence-corrected chi connectivity index (χ3v) is 4.69. The monoisotopic (exact) mass is 375 g/mol. The molecule has 1 heterocycles. The molecule has 0 saturated carbocycles. The van der Waals surface area contributed by atoms with Crippen LogP contribution in [0.3, 0.4) is 0 Å². The number of alkyl halides is 1. The number of halogens is 2. The Kier molecular flexibility index (Phi) is 4.81. The van der Waals surface area contributed by atoms with E-state index >= 15 is 0 Å². The number of amides is 1. The molecule has 1 saturated heterocycles. The molecule has 1 amide bonds. The van der Waals surface area contributed by atoms with E-state index in [9.17, 15) is 4.79 Å². The highest BCUT2D eigenvalue weighted by molar-refractivity contribution is 9.10. The summed E-state index contributed by atoms with van der Waals surface area (Å²) in [6, 6.07) is 5.84. The van der Waals surface area contributed by atoms with Gasteiger partial charge in [-0.1, -0.05) is 37.9 Å². The number of nitrogens with zero attached hydrogens (tertiary/aromatic N) is 1. The normalized spacial score (nSPS) is 19.9. The van der Waals surface area contributed by atoms with Gasteiger partial charge in [0.25, 0.3) is 5.91 Å². The van der Waals surface area contributed by atoms with Crippen LogP contribution in [0.15, 0.2) is 22.7 Å². The molecule has 5 heteroatoms. The number of carbonyl (C=O) groups excluding carboxylic acids is 1. The zero-order chi connectivity index (χ0) is 13.1. The second kappa shape index (κ2) is 6.17. The van der Waals surface area contributed by atoms with Gasteiger partial charge in [-0.2, -0.15) is 0 Å². The van der Waals surface area contributed by atoms with Gasteiger partial charge in [-0.15, -0.1) is 0 Å². The first-order valence-electron chi connectivity index (χ1n) is 5.84. The molecule has 0 bridgehead atoms. The maximum absolute atomic E-state index is 12.5. The fraction of sp³-hybridized carbons (Fsp3) is 0.462. The van der Waals surface area contributed by atoms with E-state index in [0.29, 0.717) is 19.8 Å². The van der Waals surface area contributed by atoms with Crippen LogP contribution in [0.4, 0.5) is 0 Å². The number of benzene rings is 1. The molecule has 18 heavy (non-hydrogen) atoms. The molecule has 1 aliphatic rings. The molecule has 1 atom stereocenters. The Bertz CT molecular complexity index is 451. The summed E-state index contributed by atoms with van der Waals surface area (Å²) in [5.41, 5.74) is 1.85. The van der Waals surface area contributed by atoms with Gasteiger partial charge in [-0.25, -0.2) is 0 Å². The number of aryl methyl sites for hydroxylation is 1. The molecule has 1 unspecified atom stereocenters. The molecular weight excluding hydrogens is 362 g/mol. The first kappa shape index (κ1) is 14.0. The summed E-state index contributed by atoms with van der Waals surface area (Å²) in [4.78, 5) is 14.3. The Hall–Kier alpha value is -0.390. The predicted molar refractivity (Wildman–Crippen MR) is 78.3 cm³/mol. The van der Waals surface area contributed by atoms with Crippen molar-refractivity contribution in [2.75, 3.05) is 25.1 Å². The van der Waals surface area contributed by atoms with Gasteiger partial charge in [0.1, 0.15) is 0 Å². The Labute approximate surface area is 124 Å². The Morgan fingerprint density at radius 2 is 2.33 bits per heavy atom. The van der Waals surface area contributed by atoms with Crippen molar-refractivity contribution >= 4 is 37.8 Å². The van der Waals surface area contributed by atoms with Crippen molar-refractivity contribution in [1.29, 1.82) is 0 Å². The first-order chi connectivity index (χ1) is 8.63. The molecule has 2 rings (SSSR count). The van der Waals surface area contributed by atoms with Crippen molar-refractivity contribution in [2.45, 2.75) is 13.0 Å². The third-order valence-electron chi connectivity index (χ3n) is 3.09. The molecule has 0 N–H and O–H groups in total. The van der Waals surface area contributed by atoms with Gasteiger partial charge in [0.15, 0.2) is 0 Å². The van der Waals surface area contributed by atoms with E-state index < -0.39 is 0 Å².